The molecule has 57 heavy (non-hydrogen) atoms. The summed E-state index contributed by atoms with van der Waals surface area (Å²) < 4.78 is 2.52. The third-order valence-electron chi connectivity index (χ3n) is 12.8. The lowest BCUT2D eigenvalue weighted by atomic mass is 9.82. The number of anilines is 3. The molecule has 0 spiro atoms. The van der Waals surface area contributed by atoms with E-state index in [2.05, 4.69) is 205 Å². The quantitative estimate of drug-likeness (QED) is 0.165. The zero-order chi connectivity index (χ0) is 38.1. The smallest absolute Gasteiger partial charge is 0.0544 e. The van der Waals surface area contributed by atoms with Gasteiger partial charge in [-0.15, -0.1) is 0 Å². The van der Waals surface area contributed by atoms with Gasteiger partial charge in [0.25, 0.3) is 0 Å². The molecule has 0 atom stereocenters. The largest absolute Gasteiger partial charge is 0.310 e. The molecule has 0 saturated heterocycles. The van der Waals surface area contributed by atoms with Gasteiger partial charge in [0, 0.05) is 38.9 Å². The van der Waals surface area contributed by atoms with E-state index in [0.29, 0.717) is 0 Å². The summed E-state index contributed by atoms with van der Waals surface area (Å²) in [4.78, 5) is 2.39. The van der Waals surface area contributed by atoms with Crippen LogP contribution < -0.4 is 4.90 Å². The first-order valence-corrected chi connectivity index (χ1v) is 20.5. The van der Waals surface area contributed by atoms with Crippen LogP contribution in [0.4, 0.5) is 17.1 Å². The Hall–Kier alpha value is -6.64. The van der Waals surface area contributed by atoms with Crippen molar-refractivity contribution in [1.82, 2.24) is 4.57 Å². The van der Waals surface area contributed by atoms with Crippen LogP contribution in [-0.4, -0.2) is 4.57 Å². The van der Waals surface area contributed by atoms with Crippen molar-refractivity contribution in [3.05, 3.63) is 204 Å². The maximum absolute atomic E-state index is 2.52. The number of aromatic nitrogens is 1. The lowest BCUT2D eigenvalue weighted by Crippen LogP contribution is -2.17. The molecule has 9 aromatic rings. The highest BCUT2D eigenvalue weighted by Crippen LogP contribution is 2.52. The lowest BCUT2D eigenvalue weighted by molar-refractivity contribution is 0.660. The Labute approximate surface area is 335 Å². The molecule has 1 aromatic heterocycles. The molecule has 0 unspecified atom stereocenters. The summed E-state index contributed by atoms with van der Waals surface area (Å²) in [5, 5.41) is 2.82. The van der Waals surface area contributed by atoms with Crippen LogP contribution in [0.25, 0.3) is 60.9 Å². The van der Waals surface area contributed by atoms with Crippen molar-refractivity contribution < 1.29 is 0 Å². The first-order chi connectivity index (χ1) is 28.0. The van der Waals surface area contributed by atoms with Crippen LogP contribution >= 0.6 is 0 Å². The minimum Gasteiger partial charge on any atom is -0.310 e. The second kappa shape index (κ2) is 13.2. The predicted octanol–water partition coefficient (Wildman–Crippen LogP) is 14.8. The number of nitrogens with zero attached hydrogens (tertiary/aromatic N) is 2. The van der Waals surface area contributed by atoms with Crippen molar-refractivity contribution in [1.29, 1.82) is 0 Å². The fourth-order valence-electron chi connectivity index (χ4n) is 9.90. The highest BCUT2D eigenvalue weighted by Gasteiger charge is 2.36. The number of aryl methyl sites for hydroxylation is 2. The maximum atomic E-state index is 2.52. The number of para-hydroxylation sites is 2. The molecule has 2 heteroatoms. The molecular weight excluding hydrogens is 689 g/mol. The van der Waals surface area contributed by atoms with Crippen molar-refractivity contribution >= 4 is 38.9 Å². The summed E-state index contributed by atoms with van der Waals surface area (Å²) in [6.07, 6.45) is 4.92. The predicted molar refractivity (Wildman–Crippen MR) is 241 cm³/mol. The first kappa shape index (κ1) is 33.7. The van der Waals surface area contributed by atoms with Gasteiger partial charge in [0.2, 0.25) is 0 Å². The Morgan fingerprint density at radius 2 is 1.02 bits per heavy atom. The Kier molecular flexibility index (Phi) is 7.83. The molecule has 0 aliphatic heterocycles. The van der Waals surface area contributed by atoms with E-state index < -0.39 is 0 Å². The van der Waals surface area contributed by atoms with Crippen LogP contribution in [0.1, 0.15) is 48.9 Å². The van der Waals surface area contributed by atoms with Gasteiger partial charge in [0.05, 0.1) is 11.0 Å². The Morgan fingerprint density at radius 1 is 0.456 bits per heavy atom. The van der Waals surface area contributed by atoms with Gasteiger partial charge in [-0.3, -0.25) is 0 Å². The summed E-state index contributed by atoms with van der Waals surface area (Å²) in [5.74, 6) is 0. The van der Waals surface area contributed by atoms with Gasteiger partial charge in [0.15, 0.2) is 0 Å². The molecule has 2 nitrogen and oxygen atoms in total. The highest BCUT2D eigenvalue weighted by atomic mass is 15.1. The Morgan fingerprint density at radius 3 is 1.75 bits per heavy atom. The lowest BCUT2D eigenvalue weighted by Gasteiger charge is -2.28. The Bertz CT molecular complexity index is 2950. The van der Waals surface area contributed by atoms with Crippen molar-refractivity contribution in [2.45, 2.75) is 44.9 Å². The topological polar surface area (TPSA) is 8.17 Å². The summed E-state index contributed by atoms with van der Waals surface area (Å²) in [6.45, 7) is 4.80. The van der Waals surface area contributed by atoms with Gasteiger partial charge in [-0.25, -0.2) is 0 Å². The monoisotopic (exact) mass is 732 g/mol. The highest BCUT2D eigenvalue weighted by molar-refractivity contribution is 6.11. The fraction of sp³-hybridized carbons (Fsp3) is 0.127. The van der Waals surface area contributed by atoms with Gasteiger partial charge in [0.1, 0.15) is 0 Å². The van der Waals surface area contributed by atoms with Crippen LogP contribution in [0.2, 0.25) is 0 Å². The van der Waals surface area contributed by atoms with E-state index in [-0.39, 0.29) is 5.41 Å². The molecule has 2 aliphatic carbocycles. The minimum absolute atomic E-state index is 0.188. The van der Waals surface area contributed by atoms with Gasteiger partial charge in [-0.05, 0) is 142 Å². The third kappa shape index (κ3) is 5.46. The number of rotatable bonds is 6. The van der Waals surface area contributed by atoms with Gasteiger partial charge < -0.3 is 9.47 Å². The van der Waals surface area contributed by atoms with Crippen molar-refractivity contribution in [2.75, 3.05) is 4.90 Å². The van der Waals surface area contributed by atoms with E-state index in [0.717, 1.165) is 17.1 Å². The number of fused-ring (bicyclic) bond motifs is 8. The average Bonchev–Trinajstić information content (AvgIpc) is 3.73. The SMILES string of the molecule is CC1(C)c2cc(N(c3ccccc3)c3ccc(-c4ccc(-c5ccccc5)cc4)cc3)ccc2-c2ccc(-n3c4ccccc4c4c5c(ccc43)CCCC5)cc21. The van der Waals surface area contributed by atoms with Crippen molar-refractivity contribution in [2.24, 2.45) is 0 Å². The molecule has 1 heterocycles. The summed E-state index contributed by atoms with van der Waals surface area (Å²) in [5.41, 5.74) is 20.5. The van der Waals surface area contributed by atoms with E-state index in [1.54, 1.807) is 5.56 Å². The number of hydrogen-bond acceptors (Lipinski definition) is 1. The zero-order valence-electron chi connectivity index (χ0n) is 32.5. The normalized spacial score (nSPS) is 14.0. The number of hydrogen-bond donors (Lipinski definition) is 0. The van der Waals surface area contributed by atoms with Gasteiger partial charge in [-0.1, -0.05) is 135 Å². The van der Waals surface area contributed by atoms with Gasteiger partial charge in [-0.2, -0.15) is 0 Å². The molecule has 0 fully saturated rings. The summed E-state index contributed by atoms with van der Waals surface area (Å²) in [6, 6.07) is 67.3. The average molecular weight is 733 g/mol. The van der Waals surface area contributed by atoms with E-state index in [1.165, 1.54) is 103 Å². The van der Waals surface area contributed by atoms with Crippen LogP contribution in [0.5, 0.6) is 0 Å². The zero-order valence-corrected chi connectivity index (χ0v) is 32.5. The van der Waals surface area contributed by atoms with Crippen molar-refractivity contribution in [3.8, 4) is 39.1 Å². The minimum atomic E-state index is -0.188. The maximum Gasteiger partial charge on any atom is 0.0544 e. The molecule has 0 radical (unpaired) electrons. The fourth-order valence-corrected chi connectivity index (χ4v) is 9.90. The first-order valence-electron chi connectivity index (χ1n) is 20.5. The molecule has 0 saturated carbocycles. The van der Waals surface area contributed by atoms with Crippen LogP contribution in [0, 0.1) is 0 Å². The van der Waals surface area contributed by atoms with Crippen molar-refractivity contribution in [3.63, 3.8) is 0 Å². The molecule has 2 aliphatic rings. The molecule has 11 rings (SSSR count). The summed E-state index contributed by atoms with van der Waals surface area (Å²) >= 11 is 0. The molecule has 0 N–H and O–H groups in total. The van der Waals surface area contributed by atoms with Crippen LogP contribution in [-0.2, 0) is 18.3 Å². The third-order valence-corrected chi connectivity index (χ3v) is 12.8. The van der Waals surface area contributed by atoms with E-state index in [1.807, 2.05) is 0 Å². The molecular formula is C55H44N2. The van der Waals surface area contributed by atoms with E-state index in [4.69, 9.17) is 0 Å². The molecule has 8 aromatic carbocycles. The molecule has 0 amide bonds. The van der Waals surface area contributed by atoms with Crippen LogP contribution in [0.15, 0.2) is 182 Å². The second-order valence-corrected chi connectivity index (χ2v) is 16.4. The Balaban J connectivity index is 0.968. The molecule has 274 valence electrons. The number of benzene rings is 8. The summed E-state index contributed by atoms with van der Waals surface area (Å²) in [7, 11) is 0. The van der Waals surface area contributed by atoms with E-state index in [9.17, 15) is 0 Å². The molecule has 0 bridgehead atoms. The second-order valence-electron chi connectivity index (χ2n) is 16.4. The van der Waals surface area contributed by atoms with Crippen LogP contribution in [0.3, 0.4) is 0 Å². The standard InChI is InChI=1S/C55H44N2/c1-55(2)50-35-44(56(42-16-7-4-8-17-42)43-28-25-40(26-29-43)39-23-21-38(22-24-39)37-13-5-3-6-14-37)30-32-47(50)48-33-31-45(36-51(48)55)57-52-20-12-11-19-49(52)54-46-18-10-9-15-41(46)27-34-53(54)57/h3-8,11-14,16-17,19-36H,9-10,15,18H2,1-2H3. The van der Waals surface area contributed by atoms with E-state index >= 15 is 0 Å². The van der Waals surface area contributed by atoms with Gasteiger partial charge >= 0.3 is 0 Å².